The summed E-state index contributed by atoms with van der Waals surface area (Å²) in [5, 5.41) is 3.53. The molecule has 1 aliphatic rings. The highest BCUT2D eigenvalue weighted by Crippen LogP contribution is 2.40. The number of ether oxygens (including phenoxy) is 1. The maximum atomic E-state index is 6.13. The van der Waals surface area contributed by atoms with Gasteiger partial charge >= 0.3 is 0 Å². The number of nitrogens with one attached hydrogen (secondary N) is 1. The van der Waals surface area contributed by atoms with Crippen LogP contribution in [0, 0.1) is 0 Å². The van der Waals surface area contributed by atoms with Gasteiger partial charge in [0.15, 0.2) is 0 Å². The lowest BCUT2D eigenvalue weighted by atomic mass is 9.94. The number of anilines is 1. The van der Waals surface area contributed by atoms with Crippen molar-refractivity contribution in [3.05, 3.63) is 39.2 Å². The Hall–Kier alpha value is -1.26. The topological polar surface area (TPSA) is 34.1 Å². The Kier molecular flexibility index (Phi) is 3.62. The first kappa shape index (κ1) is 12.8. The number of nitrogens with zero attached hydrogens (tertiary/aromatic N) is 1. The standard InChI is InChI=1S/C14H15ClN2OS/c1-18-14-11(5-3-7-16-14)17-10-4-2-6-12-9(10)8-13(15)19-12/h3,5,7-8,10,17H,2,4,6H2,1H3. The van der Waals surface area contributed by atoms with E-state index in [9.17, 15) is 0 Å². The van der Waals surface area contributed by atoms with Gasteiger partial charge in [0.2, 0.25) is 5.88 Å². The number of thiophene rings is 1. The van der Waals surface area contributed by atoms with Crippen LogP contribution in [0.15, 0.2) is 24.4 Å². The Morgan fingerprint density at radius 3 is 3.26 bits per heavy atom. The summed E-state index contributed by atoms with van der Waals surface area (Å²) < 4.78 is 6.16. The quantitative estimate of drug-likeness (QED) is 0.917. The maximum absolute atomic E-state index is 6.13. The number of halogens is 1. The molecule has 2 aromatic rings. The molecule has 2 heterocycles. The van der Waals surface area contributed by atoms with E-state index in [4.69, 9.17) is 16.3 Å². The molecule has 0 radical (unpaired) electrons. The third-order valence-electron chi connectivity index (χ3n) is 3.38. The maximum Gasteiger partial charge on any atom is 0.237 e. The van der Waals surface area contributed by atoms with Crippen molar-refractivity contribution >= 4 is 28.6 Å². The van der Waals surface area contributed by atoms with Crippen molar-refractivity contribution in [2.75, 3.05) is 12.4 Å². The van der Waals surface area contributed by atoms with E-state index < -0.39 is 0 Å². The van der Waals surface area contributed by atoms with Crippen molar-refractivity contribution in [3.8, 4) is 5.88 Å². The van der Waals surface area contributed by atoms with Crippen LogP contribution < -0.4 is 10.1 Å². The van der Waals surface area contributed by atoms with Crippen LogP contribution >= 0.6 is 22.9 Å². The van der Waals surface area contributed by atoms with E-state index in [1.807, 2.05) is 12.1 Å². The van der Waals surface area contributed by atoms with Crippen LogP contribution in [0.1, 0.15) is 29.3 Å². The lowest BCUT2D eigenvalue weighted by molar-refractivity contribution is 0.399. The molecule has 3 nitrogen and oxygen atoms in total. The molecule has 3 rings (SSSR count). The minimum atomic E-state index is 0.297. The Labute approximate surface area is 121 Å². The molecule has 0 spiro atoms. The number of fused-ring (bicyclic) bond motifs is 1. The van der Waals surface area contributed by atoms with Crippen LogP contribution in [0.25, 0.3) is 0 Å². The van der Waals surface area contributed by atoms with E-state index in [1.165, 1.54) is 16.9 Å². The summed E-state index contributed by atoms with van der Waals surface area (Å²) in [6, 6.07) is 6.29. The second-order valence-electron chi connectivity index (χ2n) is 4.58. The molecule has 1 N–H and O–H groups in total. The van der Waals surface area contributed by atoms with Crippen molar-refractivity contribution < 1.29 is 4.74 Å². The van der Waals surface area contributed by atoms with Gasteiger partial charge in [-0.05, 0) is 43.0 Å². The Morgan fingerprint density at radius 1 is 1.53 bits per heavy atom. The van der Waals surface area contributed by atoms with Gasteiger partial charge in [0.05, 0.1) is 23.2 Å². The Balaban J connectivity index is 1.88. The molecular formula is C14H15ClN2OS. The largest absolute Gasteiger partial charge is 0.480 e. The van der Waals surface area contributed by atoms with Gasteiger partial charge < -0.3 is 10.1 Å². The Morgan fingerprint density at radius 2 is 2.42 bits per heavy atom. The number of aromatic nitrogens is 1. The number of hydrogen-bond acceptors (Lipinski definition) is 4. The molecule has 0 aromatic carbocycles. The summed E-state index contributed by atoms with van der Waals surface area (Å²) in [6.07, 6.45) is 5.16. The lowest BCUT2D eigenvalue weighted by Crippen LogP contribution is -2.16. The number of methoxy groups -OCH3 is 1. The summed E-state index contributed by atoms with van der Waals surface area (Å²) in [6.45, 7) is 0. The molecule has 1 atom stereocenters. The first-order chi connectivity index (χ1) is 9.28. The van der Waals surface area contributed by atoms with Gasteiger partial charge in [-0.3, -0.25) is 0 Å². The molecule has 0 saturated carbocycles. The van der Waals surface area contributed by atoms with Crippen LogP contribution in [0.4, 0.5) is 5.69 Å². The van der Waals surface area contributed by atoms with Crippen molar-refractivity contribution in [2.45, 2.75) is 25.3 Å². The predicted molar refractivity (Wildman–Crippen MR) is 79.4 cm³/mol. The third kappa shape index (κ3) is 2.55. The number of aryl methyl sites for hydroxylation is 1. The molecule has 0 amide bonds. The first-order valence-electron chi connectivity index (χ1n) is 6.31. The average Bonchev–Trinajstić information content (AvgIpc) is 2.81. The minimum Gasteiger partial charge on any atom is -0.480 e. The zero-order chi connectivity index (χ0) is 13.2. The summed E-state index contributed by atoms with van der Waals surface area (Å²) in [4.78, 5) is 5.62. The monoisotopic (exact) mass is 294 g/mol. The van der Waals surface area contributed by atoms with E-state index in [-0.39, 0.29) is 0 Å². The van der Waals surface area contributed by atoms with Crippen LogP contribution in [0.3, 0.4) is 0 Å². The van der Waals surface area contributed by atoms with E-state index in [0.29, 0.717) is 11.9 Å². The van der Waals surface area contributed by atoms with E-state index in [2.05, 4.69) is 16.4 Å². The van der Waals surface area contributed by atoms with E-state index >= 15 is 0 Å². The van der Waals surface area contributed by atoms with Crippen LogP contribution in [0.2, 0.25) is 4.34 Å². The molecule has 0 bridgehead atoms. The van der Waals surface area contributed by atoms with Crippen LogP contribution in [-0.2, 0) is 6.42 Å². The zero-order valence-electron chi connectivity index (χ0n) is 10.6. The molecule has 0 fully saturated rings. The molecule has 5 heteroatoms. The van der Waals surface area contributed by atoms with Gasteiger partial charge in [-0.25, -0.2) is 4.98 Å². The molecule has 100 valence electrons. The molecule has 0 saturated heterocycles. The minimum absolute atomic E-state index is 0.297. The van der Waals surface area contributed by atoms with Gasteiger partial charge in [-0.2, -0.15) is 0 Å². The molecule has 2 aromatic heterocycles. The third-order valence-corrected chi connectivity index (χ3v) is 4.72. The van der Waals surface area contributed by atoms with Crippen LogP contribution in [-0.4, -0.2) is 12.1 Å². The van der Waals surface area contributed by atoms with E-state index in [0.717, 1.165) is 22.9 Å². The van der Waals surface area contributed by atoms with Crippen molar-refractivity contribution in [2.24, 2.45) is 0 Å². The second kappa shape index (κ2) is 5.39. The fourth-order valence-electron chi connectivity index (χ4n) is 2.52. The highest BCUT2D eigenvalue weighted by Gasteiger charge is 2.23. The second-order valence-corrected chi connectivity index (χ2v) is 6.35. The van der Waals surface area contributed by atoms with Gasteiger partial charge in [0, 0.05) is 11.1 Å². The highest BCUT2D eigenvalue weighted by molar-refractivity contribution is 7.16. The number of hydrogen-bond donors (Lipinski definition) is 1. The Bertz CT molecular complexity index is 585. The average molecular weight is 295 g/mol. The molecule has 1 unspecified atom stereocenters. The highest BCUT2D eigenvalue weighted by atomic mass is 35.5. The van der Waals surface area contributed by atoms with Gasteiger partial charge in [0.1, 0.15) is 0 Å². The SMILES string of the molecule is COc1ncccc1NC1CCCc2sc(Cl)cc21. The van der Waals surface area contributed by atoms with Crippen molar-refractivity contribution in [1.29, 1.82) is 0 Å². The van der Waals surface area contributed by atoms with E-state index in [1.54, 1.807) is 24.6 Å². The fraction of sp³-hybridized carbons (Fsp3) is 0.357. The number of rotatable bonds is 3. The summed E-state index contributed by atoms with van der Waals surface area (Å²) >= 11 is 7.82. The zero-order valence-corrected chi connectivity index (χ0v) is 12.2. The summed E-state index contributed by atoms with van der Waals surface area (Å²) in [5.41, 5.74) is 2.26. The first-order valence-corrected chi connectivity index (χ1v) is 7.51. The molecular weight excluding hydrogens is 280 g/mol. The molecule has 1 aliphatic carbocycles. The predicted octanol–water partition coefficient (Wildman–Crippen LogP) is 4.29. The molecule has 19 heavy (non-hydrogen) atoms. The fourth-order valence-corrected chi connectivity index (χ4v) is 3.91. The molecule has 0 aliphatic heterocycles. The van der Waals surface area contributed by atoms with Gasteiger partial charge in [-0.1, -0.05) is 11.6 Å². The smallest absolute Gasteiger partial charge is 0.237 e. The number of pyridine rings is 1. The lowest BCUT2D eigenvalue weighted by Gasteiger charge is -2.25. The van der Waals surface area contributed by atoms with Crippen molar-refractivity contribution in [3.63, 3.8) is 0 Å². The van der Waals surface area contributed by atoms with Crippen LogP contribution in [0.5, 0.6) is 5.88 Å². The normalized spacial score (nSPS) is 17.9. The van der Waals surface area contributed by atoms with Gasteiger partial charge in [0.25, 0.3) is 0 Å². The van der Waals surface area contributed by atoms with Crippen molar-refractivity contribution in [1.82, 2.24) is 4.98 Å². The summed E-state index contributed by atoms with van der Waals surface area (Å²) in [5.74, 6) is 0.635. The summed E-state index contributed by atoms with van der Waals surface area (Å²) in [7, 11) is 1.64. The van der Waals surface area contributed by atoms with Gasteiger partial charge in [-0.15, -0.1) is 11.3 Å².